The molecular formula is C20H18FNO3. The zero-order chi connectivity index (χ0) is 17.3. The maximum absolute atomic E-state index is 13.4. The molecule has 1 saturated heterocycles. The summed E-state index contributed by atoms with van der Waals surface area (Å²) in [6, 6.07) is 14.2. The highest BCUT2D eigenvalue weighted by molar-refractivity contribution is 5.47. The van der Waals surface area contributed by atoms with Crippen molar-refractivity contribution in [3.63, 3.8) is 0 Å². The van der Waals surface area contributed by atoms with Crippen LogP contribution in [0.25, 0.3) is 0 Å². The standard InChI is InChI=1S/C20H18FNO3/c21-17-4-2-16(3-5-17)20(8-7-19-23-9-10-24-19)18-6-1-14(12-22)11-15(18)13-25-20/h1-6,11,19H,7-10,13H2. The Bertz CT molecular complexity index is 809. The number of hydrogen-bond donors (Lipinski definition) is 0. The summed E-state index contributed by atoms with van der Waals surface area (Å²) in [6.45, 7) is 1.64. The average Bonchev–Trinajstić information content (AvgIpc) is 3.28. The van der Waals surface area contributed by atoms with Crippen LogP contribution in [0.15, 0.2) is 42.5 Å². The molecule has 128 valence electrons. The van der Waals surface area contributed by atoms with Crippen LogP contribution in [-0.2, 0) is 26.4 Å². The SMILES string of the molecule is N#Cc1ccc2c(c1)COC2(CCC1OCCO1)c1ccc(F)cc1. The molecule has 1 unspecified atom stereocenters. The van der Waals surface area contributed by atoms with Gasteiger partial charge in [0.2, 0.25) is 0 Å². The van der Waals surface area contributed by atoms with E-state index in [-0.39, 0.29) is 12.1 Å². The molecule has 2 aromatic carbocycles. The first-order chi connectivity index (χ1) is 12.2. The Kier molecular flexibility index (Phi) is 4.26. The lowest BCUT2D eigenvalue weighted by atomic mass is 9.81. The fraction of sp³-hybridized carbons (Fsp3) is 0.350. The van der Waals surface area contributed by atoms with Gasteiger partial charge in [-0.05, 0) is 47.4 Å². The third-order valence-corrected chi connectivity index (χ3v) is 4.88. The van der Waals surface area contributed by atoms with Crippen molar-refractivity contribution in [1.82, 2.24) is 0 Å². The van der Waals surface area contributed by atoms with Crippen molar-refractivity contribution in [3.05, 3.63) is 70.5 Å². The van der Waals surface area contributed by atoms with Gasteiger partial charge in [-0.3, -0.25) is 0 Å². The van der Waals surface area contributed by atoms with Gasteiger partial charge in [0.05, 0.1) is 31.5 Å². The van der Waals surface area contributed by atoms with Gasteiger partial charge < -0.3 is 14.2 Å². The number of ether oxygens (including phenoxy) is 3. The molecule has 0 radical (unpaired) electrons. The van der Waals surface area contributed by atoms with Crippen LogP contribution >= 0.6 is 0 Å². The van der Waals surface area contributed by atoms with E-state index < -0.39 is 5.60 Å². The topological polar surface area (TPSA) is 51.5 Å². The Morgan fingerprint density at radius 1 is 1.12 bits per heavy atom. The summed E-state index contributed by atoms with van der Waals surface area (Å²) in [5.41, 5.74) is 2.86. The fourth-order valence-electron chi connectivity index (χ4n) is 3.66. The van der Waals surface area contributed by atoms with Gasteiger partial charge in [0.25, 0.3) is 0 Å². The van der Waals surface area contributed by atoms with Crippen LogP contribution < -0.4 is 0 Å². The Hall–Kier alpha value is -2.26. The minimum absolute atomic E-state index is 0.233. The zero-order valence-electron chi connectivity index (χ0n) is 13.7. The fourth-order valence-corrected chi connectivity index (χ4v) is 3.66. The Balaban J connectivity index is 1.73. The van der Waals surface area contributed by atoms with Crippen molar-refractivity contribution in [1.29, 1.82) is 5.26 Å². The number of hydrogen-bond acceptors (Lipinski definition) is 4. The zero-order valence-corrected chi connectivity index (χ0v) is 13.7. The average molecular weight is 339 g/mol. The molecule has 0 aliphatic carbocycles. The molecular weight excluding hydrogens is 321 g/mol. The van der Waals surface area contributed by atoms with Gasteiger partial charge in [-0.25, -0.2) is 4.39 Å². The van der Waals surface area contributed by atoms with E-state index in [2.05, 4.69) is 6.07 Å². The number of halogens is 1. The molecule has 2 heterocycles. The predicted octanol–water partition coefficient (Wildman–Crippen LogP) is 3.62. The maximum atomic E-state index is 13.4. The molecule has 0 aromatic heterocycles. The van der Waals surface area contributed by atoms with E-state index in [1.165, 1.54) is 12.1 Å². The van der Waals surface area contributed by atoms with Crippen molar-refractivity contribution in [2.45, 2.75) is 31.3 Å². The van der Waals surface area contributed by atoms with Crippen LogP contribution in [0.5, 0.6) is 0 Å². The lowest BCUT2D eigenvalue weighted by Gasteiger charge is -2.31. The summed E-state index contributed by atoms with van der Waals surface area (Å²) < 4.78 is 30.8. The second kappa shape index (κ2) is 6.57. The highest BCUT2D eigenvalue weighted by Gasteiger charge is 2.42. The monoisotopic (exact) mass is 339 g/mol. The van der Waals surface area contributed by atoms with E-state index in [1.807, 2.05) is 12.1 Å². The van der Waals surface area contributed by atoms with Crippen molar-refractivity contribution in [2.75, 3.05) is 13.2 Å². The van der Waals surface area contributed by atoms with E-state index in [0.29, 0.717) is 38.2 Å². The number of nitriles is 1. The summed E-state index contributed by atoms with van der Waals surface area (Å²) in [7, 11) is 0. The molecule has 2 aliphatic heterocycles. The second-order valence-corrected chi connectivity index (χ2v) is 6.32. The Morgan fingerprint density at radius 2 is 1.88 bits per heavy atom. The third kappa shape index (κ3) is 2.93. The summed E-state index contributed by atoms with van der Waals surface area (Å²) in [5.74, 6) is -0.278. The molecule has 4 rings (SSSR count). The van der Waals surface area contributed by atoms with E-state index in [9.17, 15) is 4.39 Å². The highest BCUT2D eigenvalue weighted by Crippen LogP contribution is 2.46. The predicted molar refractivity (Wildman–Crippen MR) is 88.1 cm³/mol. The van der Waals surface area contributed by atoms with E-state index in [0.717, 1.165) is 16.7 Å². The maximum Gasteiger partial charge on any atom is 0.157 e. The molecule has 25 heavy (non-hydrogen) atoms. The summed E-state index contributed by atoms with van der Waals surface area (Å²) in [4.78, 5) is 0. The number of rotatable bonds is 4. The molecule has 5 heteroatoms. The smallest absolute Gasteiger partial charge is 0.157 e. The summed E-state index contributed by atoms with van der Waals surface area (Å²) >= 11 is 0. The molecule has 2 aliphatic rings. The summed E-state index contributed by atoms with van der Waals surface area (Å²) in [6.07, 6.45) is 1.10. The van der Waals surface area contributed by atoms with Gasteiger partial charge in [-0.1, -0.05) is 18.2 Å². The minimum Gasteiger partial charge on any atom is -0.361 e. The summed E-state index contributed by atoms with van der Waals surface area (Å²) in [5, 5.41) is 9.13. The van der Waals surface area contributed by atoms with Gasteiger partial charge in [0.15, 0.2) is 6.29 Å². The van der Waals surface area contributed by atoms with Crippen LogP contribution in [0.3, 0.4) is 0 Å². The van der Waals surface area contributed by atoms with Crippen LogP contribution in [0.1, 0.15) is 35.1 Å². The van der Waals surface area contributed by atoms with Crippen LogP contribution in [0, 0.1) is 17.1 Å². The van der Waals surface area contributed by atoms with Gasteiger partial charge in [-0.15, -0.1) is 0 Å². The van der Waals surface area contributed by atoms with Crippen LogP contribution in [-0.4, -0.2) is 19.5 Å². The number of nitrogens with zero attached hydrogens (tertiary/aromatic N) is 1. The molecule has 0 N–H and O–H groups in total. The first-order valence-electron chi connectivity index (χ1n) is 8.38. The van der Waals surface area contributed by atoms with Crippen molar-refractivity contribution in [3.8, 4) is 6.07 Å². The van der Waals surface area contributed by atoms with Gasteiger partial charge in [-0.2, -0.15) is 5.26 Å². The minimum atomic E-state index is -0.674. The molecule has 1 atom stereocenters. The van der Waals surface area contributed by atoms with E-state index >= 15 is 0 Å². The number of fused-ring (bicyclic) bond motifs is 1. The first kappa shape index (κ1) is 16.2. The molecule has 1 fully saturated rings. The number of benzene rings is 2. The Morgan fingerprint density at radius 3 is 2.60 bits per heavy atom. The van der Waals surface area contributed by atoms with Crippen molar-refractivity contribution < 1.29 is 18.6 Å². The van der Waals surface area contributed by atoms with Gasteiger partial charge >= 0.3 is 0 Å². The van der Waals surface area contributed by atoms with Gasteiger partial charge in [0, 0.05) is 6.42 Å². The normalized spacial score (nSPS) is 22.7. The Labute approximate surface area is 145 Å². The molecule has 2 aromatic rings. The largest absolute Gasteiger partial charge is 0.361 e. The first-order valence-corrected chi connectivity index (χ1v) is 8.38. The second-order valence-electron chi connectivity index (χ2n) is 6.32. The molecule has 0 spiro atoms. The quantitative estimate of drug-likeness (QED) is 0.854. The van der Waals surface area contributed by atoms with E-state index in [1.54, 1.807) is 18.2 Å². The van der Waals surface area contributed by atoms with Crippen molar-refractivity contribution in [2.24, 2.45) is 0 Å². The highest BCUT2D eigenvalue weighted by atomic mass is 19.1. The molecule has 0 amide bonds. The molecule has 0 bridgehead atoms. The van der Waals surface area contributed by atoms with Gasteiger partial charge in [0.1, 0.15) is 11.4 Å². The lowest BCUT2D eigenvalue weighted by Crippen LogP contribution is -2.29. The third-order valence-electron chi connectivity index (χ3n) is 4.88. The van der Waals surface area contributed by atoms with Crippen molar-refractivity contribution >= 4 is 0 Å². The molecule has 4 nitrogen and oxygen atoms in total. The molecule has 0 saturated carbocycles. The van der Waals surface area contributed by atoms with Crippen LogP contribution in [0.4, 0.5) is 4.39 Å². The van der Waals surface area contributed by atoms with E-state index in [4.69, 9.17) is 19.5 Å². The lowest BCUT2D eigenvalue weighted by molar-refractivity contribution is -0.0738. The van der Waals surface area contributed by atoms with Crippen LogP contribution in [0.2, 0.25) is 0 Å².